The first-order chi connectivity index (χ1) is 16.6. The van der Waals surface area contributed by atoms with Gasteiger partial charge < -0.3 is 14.8 Å². The summed E-state index contributed by atoms with van der Waals surface area (Å²) in [5.74, 6) is 2.35. The molecule has 1 aliphatic rings. The number of nitrogens with one attached hydrogen (secondary N) is 1. The van der Waals surface area contributed by atoms with Crippen molar-refractivity contribution in [3.8, 4) is 22.8 Å². The fourth-order valence-electron chi connectivity index (χ4n) is 4.66. The van der Waals surface area contributed by atoms with Crippen LogP contribution in [0.3, 0.4) is 0 Å². The lowest BCUT2D eigenvalue weighted by Crippen LogP contribution is -2.25. The van der Waals surface area contributed by atoms with E-state index in [0.717, 1.165) is 51.8 Å². The minimum Gasteiger partial charge on any atom is -0.496 e. The van der Waals surface area contributed by atoms with Gasteiger partial charge >= 0.3 is 0 Å². The molecule has 34 heavy (non-hydrogen) atoms. The predicted octanol–water partition coefficient (Wildman–Crippen LogP) is 5.24. The smallest absolute Gasteiger partial charge is 0.247 e. The molecule has 5 rings (SSSR count). The molecular weight excluding hydrogens is 426 g/mol. The summed E-state index contributed by atoms with van der Waals surface area (Å²) in [6, 6.07) is 18.2. The Morgan fingerprint density at radius 1 is 0.971 bits per heavy atom. The van der Waals surface area contributed by atoms with Crippen LogP contribution in [0.25, 0.3) is 16.9 Å². The summed E-state index contributed by atoms with van der Waals surface area (Å²) in [6.45, 7) is 8.21. The number of ether oxygens (including phenoxy) is 2. The number of anilines is 2. The summed E-state index contributed by atoms with van der Waals surface area (Å²) < 4.78 is 13.3. The molecule has 0 amide bonds. The number of likely N-dealkylation sites (tertiary alicyclic amines) is 1. The summed E-state index contributed by atoms with van der Waals surface area (Å²) in [5.41, 5.74) is 5.95. The van der Waals surface area contributed by atoms with E-state index in [1.165, 1.54) is 25.9 Å². The van der Waals surface area contributed by atoms with Gasteiger partial charge in [0.15, 0.2) is 5.65 Å². The third kappa shape index (κ3) is 4.70. The first-order valence-corrected chi connectivity index (χ1v) is 11.8. The standard InChI is InChI=1S/C27H31N5O2/c1-19-17-21(18-20(2)26(19)33-3)24-7-6-8-25-29-27(30-32(24)25)28-22-9-11-23(12-10-22)34-16-15-31-13-4-5-14-31/h6-12,17-18H,4-5,13-16H2,1-3H3,(H,28,30). The van der Waals surface area contributed by atoms with Gasteiger partial charge in [-0.1, -0.05) is 6.07 Å². The van der Waals surface area contributed by atoms with Gasteiger partial charge in [-0.3, -0.25) is 4.90 Å². The SMILES string of the molecule is COc1c(C)cc(-c2cccc3nc(Nc4ccc(OCCN5CCCC5)cc4)nn23)cc1C. The van der Waals surface area contributed by atoms with Crippen LogP contribution in [-0.4, -0.2) is 52.8 Å². The van der Waals surface area contributed by atoms with E-state index in [9.17, 15) is 0 Å². The fraction of sp³-hybridized carbons (Fsp3) is 0.333. The Morgan fingerprint density at radius 3 is 2.41 bits per heavy atom. The minimum atomic E-state index is 0.553. The van der Waals surface area contributed by atoms with Crippen LogP contribution >= 0.6 is 0 Å². The number of fused-ring (bicyclic) bond motifs is 1. The second kappa shape index (κ2) is 9.73. The topological polar surface area (TPSA) is 63.9 Å². The first kappa shape index (κ1) is 22.2. The molecular formula is C27H31N5O2. The zero-order valence-electron chi connectivity index (χ0n) is 20.0. The number of pyridine rings is 1. The molecule has 0 spiro atoms. The molecule has 176 valence electrons. The maximum absolute atomic E-state index is 5.91. The molecule has 0 aliphatic carbocycles. The molecule has 0 unspecified atom stereocenters. The molecule has 4 aromatic rings. The molecule has 1 N–H and O–H groups in total. The van der Waals surface area contributed by atoms with Crippen LogP contribution in [0.4, 0.5) is 11.6 Å². The number of aryl methyl sites for hydroxylation is 2. The van der Waals surface area contributed by atoms with E-state index in [1.807, 2.05) is 40.9 Å². The second-order valence-corrected chi connectivity index (χ2v) is 8.81. The van der Waals surface area contributed by atoms with E-state index in [4.69, 9.17) is 14.6 Å². The van der Waals surface area contributed by atoms with Gasteiger partial charge in [0.05, 0.1) is 12.8 Å². The van der Waals surface area contributed by atoms with Crippen LogP contribution in [0, 0.1) is 13.8 Å². The van der Waals surface area contributed by atoms with Gasteiger partial charge in [0.2, 0.25) is 5.95 Å². The van der Waals surface area contributed by atoms with E-state index in [1.54, 1.807) is 7.11 Å². The summed E-state index contributed by atoms with van der Waals surface area (Å²) in [7, 11) is 1.71. The van der Waals surface area contributed by atoms with Crippen molar-refractivity contribution in [2.75, 3.05) is 38.7 Å². The van der Waals surface area contributed by atoms with E-state index in [0.29, 0.717) is 12.6 Å². The van der Waals surface area contributed by atoms with E-state index in [2.05, 4.69) is 47.2 Å². The highest BCUT2D eigenvalue weighted by molar-refractivity contribution is 5.68. The molecule has 2 aromatic heterocycles. The normalized spacial score (nSPS) is 14.0. The Hall–Kier alpha value is -3.58. The van der Waals surface area contributed by atoms with Gasteiger partial charge in [-0.25, -0.2) is 4.52 Å². The number of rotatable bonds is 8. The number of benzene rings is 2. The van der Waals surface area contributed by atoms with Crippen LogP contribution in [0.15, 0.2) is 54.6 Å². The Kier molecular flexibility index (Phi) is 6.36. The van der Waals surface area contributed by atoms with Crippen molar-refractivity contribution in [2.24, 2.45) is 0 Å². The largest absolute Gasteiger partial charge is 0.496 e. The lowest BCUT2D eigenvalue weighted by Gasteiger charge is -2.15. The van der Waals surface area contributed by atoms with Gasteiger partial charge in [-0.05, 0) is 99.4 Å². The maximum atomic E-state index is 5.91. The number of nitrogens with zero attached hydrogens (tertiary/aromatic N) is 4. The summed E-state index contributed by atoms with van der Waals surface area (Å²) >= 11 is 0. The maximum Gasteiger partial charge on any atom is 0.247 e. The van der Waals surface area contributed by atoms with Crippen LogP contribution in [0.1, 0.15) is 24.0 Å². The molecule has 1 aliphatic heterocycles. The number of methoxy groups -OCH3 is 1. The van der Waals surface area contributed by atoms with Gasteiger partial charge in [0, 0.05) is 17.8 Å². The molecule has 0 radical (unpaired) electrons. The third-order valence-electron chi connectivity index (χ3n) is 6.31. The monoisotopic (exact) mass is 457 g/mol. The number of hydrogen-bond acceptors (Lipinski definition) is 6. The van der Waals surface area contributed by atoms with E-state index >= 15 is 0 Å². The summed E-state index contributed by atoms with van der Waals surface area (Å²) in [6.07, 6.45) is 2.61. The molecule has 7 nitrogen and oxygen atoms in total. The predicted molar refractivity (Wildman–Crippen MR) is 135 cm³/mol. The van der Waals surface area contributed by atoms with Crippen LogP contribution in [0.5, 0.6) is 11.5 Å². The van der Waals surface area contributed by atoms with Gasteiger partial charge in [-0.15, -0.1) is 5.10 Å². The van der Waals surface area contributed by atoms with Crippen molar-refractivity contribution in [3.05, 3.63) is 65.7 Å². The van der Waals surface area contributed by atoms with Crippen LogP contribution in [-0.2, 0) is 0 Å². The fourth-order valence-corrected chi connectivity index (χ4v) is 4.66. The third-order valence-corrected chi connectivity index (χ3v) is 6.31. The van der Waals surface area contributed by atoms with Crippen LogP contribution < -0.4 is 14.8 Å². The highest BCUT2D eigenvalue weighted by Gasteiger charge is 2.13. The molecule has 7 heteroatoms. The van der Waals surface area contributed by atoms with Crippen molar-refractivity contribution in [3.63, 3.8) is 0 Å². The molecule has 0 bridgehead atoms. The lowest BCUT2D eigenvalue weighted by molar-refractivity contribution is 0.238. The Bertz CT molecular complexity index is 1250. The Labute approximate surface area is 200 Å². The highest BCUT2D eigenvalue weighted by Crippen LogP contribution is 2.30. The van der Waals surface area contributed by atoms with Gasteiger partial charge in [0.1, 0.15) is 18.1 Å². The quantitative estimate of drug-likeness (QED) is 0.390. The average Bonchev–Trinajstić information content (AvgIpc) is 3.49. The first-order valence-electron chi connectivity index (χ1n) is 11.8. The van der Waals surface area contributed by atoms with Crippen molar-refractivity contribution in [2.45, 2.75) is 26.7 Å². The van der Waals surface area contributed by atoms with Crippen molar-refractivity contribution in [1.29, 1.82) is 0 Å². The van der Waals surface area contributed by atoms with E-state index in [-0.39, 0.29) is 0 Å². The van der Waals surface area contributed by atoms with Crippen molar-refractivity contribution in [1.82, 2.24) is 19.5 Å². The Morgan fingerprint density at radius 2 is 1.71 bits per heavy atom. The van der Waals surface area contributed by atoms with E-state index < -0.39 is 0 Å². The van der Waals surface area contributed by atoms with Crippen LogP contribution in [0.2, 0.25) is 0 Å². The zero-order chi connectivity index (χ0) is 23.5. The zero-order valence-corrected chi connectivity index (χ0v) is 20.0. The number of hydrogen-bond donors (Lipinski definition) is 1. The Balaban J connectivity index is 1.30. The van der Waals surface area contributed by atoms with Crippen molar-refractivity contribution < 1.29 is 9.47 Å². The van der Waals surface area contributed by atoms with Gasteiger partial charge in [-0.2, -0.15) is 4.98 Å². The molecule has 3 heterocycles. The molecule has 0 saturated carbocycles. The molecule has 0 atom stereocenters. The second-order valence-electron chi connectivity index (χ2n) is 8.81. The van der Waals surface area contributed by atoms with Crippen molar-refractivity contribution >= 4 is 17.3 Å². The average molecular weight is 458 g/mol. The molecule has 1 saturated heterocycles. The summed E-state index contributed by atoms with van der Waals surface area (Å²) in [4.78, 5) is 7.12. The highest BCUT2D eigenvalue weighted by atomic mass is 16.5. The molecule has 2 aromatic carbocycles. The summed E-state index contributed by atoms with van der Waals surface area (Å²) in [5, 5.41) is 8.04. The molecule has 1 fully saturated rings. The minimum absolute atomic E-state index is 0.553. The lowest BCUT2D eigenvalue weighted by atomic mass is 10.0. The van der Waals surface area contributed by atoms with Gasteiger partial charge in [0.25, 0.3) is 0 Å². The number of aromatic nitrogens is 3.